The van der Waals surface area contributed by atoms with Crippen LogP contribution in [0.15, 0.2) is 30.3 Å². The van der Waals surface area contributed by atoms with E-state index in [2.05, 4.69) is 5.32 Å². The van der Waals surface area contributed by atoms with Gasteiger partial charge in [-0.15, -0.1) is 0 Å². The summed E-state index contributed by atoms with van der Waals surface area (Å²) in [5.41, 5.74) is 6.92. The van der Waals surface area contributed by atoms with Crippen molar-refractivity contribution in [3.63, 3.8) is 0 Å². The van der Waals surface area contributed by atoms with Crippen molar-refractivity contribution in [3.8, 4) is 0 Å². The van der Waals surface area contributed by atoms with E-state index in [1.54, 1.807) is 0 Å². The first-order valence-electron chi connectivity index (χ1n) is 7.00. The van der Waals surface area contributed by atoms with Crippen molar-refractivity contribution in [1.29, 1.82) is 0 Å². The monoisotopic (exact) mass is 276 g/mol. The Morgan fingerprint density at radius 3 is 2.30 bits per heavy atom. The van der Waals surface area contributed by atoms with Crippen molar-refractivity contribution in [2.24, 2.45) is 11.7 Å². The summed E-state index contributed by atoms with van der Waals surface area (Å²) in [5, 5.41) is 2.75. The first kappa shape index (κ1) is 16.4. The number of Topliss-reactive ketones (excluding diaryl/α,β-unsaturated/α-hetero) is 1. The van der Waals surface area contributed by atoms with Crippen LogP contribution in [0.3, 0.4) is 0 Å². The number of ketones is 1. The molecule has 0 unspecified atom stereocenters. The van der Waals surface area contributed by atoms with E-state index >= 15 is 0 Å². The van der Waals surface area contributed by atoms with E-state index in [0.29, 0.717) is 18.8 Å². The highest BCUT2D eigenvalue weighted by Crippen LogP contribution is 2.07. The highest BCUT2D eigenvalue weighted by molar-refractivity contribution is 5.89. The number of carbonyl (C=O) groups is 2. The molecular weight excluding hydrogens is 252 g/mol. The topological polar surface area (TPSA) is 72.2 Å². The van der Waals surface area contributed by atoms with Gasteiger partial charge in [-0.05, 0) is 31.2 Å². The molecule has 0 aromatic heterocycles. The van der Waals surface area contributed by atoms with Crippen LogP contribution in [0.25, 0.3) is 0 Å². The molecule has 4 nitrogen and oxygen atoms in total. The van der Waals surface area contributed by atoms with Gasteiger partial charge >= 0.3 is 0 Å². The fourth-order valence-corrected chi connectivity index (χ4v) is 2.04. The van der Waals surface area contributed by atoms with Gasteiger partial charge in [0.15, 0.2) is 5.78 Å². The summed E-state index contributed by atoms with van der Waals surface area (Å²) >= 11 is 0. The minimum Gasteiger partial charge on any atom is -0.345 e. The molecule has 4 heteroatoms. The third kappa shape index (κ3) is 5.53. The lowest BCUT2D eigenvalue weighted by atomic mass is 10.00. The van der Waals surface area contributed by atoms with Gasteiger partial charge < -0.3 is 11.1 Å². The average Bonchev–Trinajstić information content (AvgIpc) is 2.38. The number of hydrogen-bond donors (Lipinski definition) is 2. The lowest BCUT2D eigenvalue weighted by molar-refractivity contribution is -0.128. The van der Waals surface area contributed by atoms with E-state index in [1.807, 2.05) is 44.2 Å². The van der Waals surface area contributed by atoms with E-state index in [1.165, 1.54) is 6.92 Å². The Hall–Kier alpha value is -1.68. The lowest BCUT2D eigenvalue weighted by Crippen LogP contribution is -2.49. The van der Waals surface area contributed by atoms with Gasteiger partial charge in [0.1, 0.15) is 0 Å². The first-order valence-corrected chi connectivity index (χ1v) is 7.00. The van der Waals surface area contributed by atoms with Gasteiger partial charge in [-0.2, -0.15) is 0 Å². The van der Waals surface area contributed by atoms with Crippen LogP contribution in [0.5, 0.6) is 0 Å². The summed E-state index contributed by atoms with van der Waals surface area (Å²) in [6, 6.07) is 8.54. The van der Waals surface area contributed by atoms with Crippen molar-refractivity contribution < 1.29 is 9.59 Å². The quantitative estimate of drug-likeness (QED) is 0.796. The molecule has 0 aliphatic heterocycles. The maximum absolute atomic E-state index is 12.1. The van der Waals surface area contributed by atoms with E-state index in [0.717, 1.165) is 5.56 Å². The molecule has 0 heterocycles. The van der Waals surface area contributed by atoms with Crippen LogP contribution in [0, 0.1) is 5.92 Å². The zero-order chi connectivity index (χ0) is 15.1. The van der Waals surface area contributed by atoms with Crippen LogP contribution < -0.4 is 11.1 Å². The van der Waals surface area contributed by atoms with Gasteiger partial charge in [-0.3, -0.25) is 9.59 Å². The highest BCUT2D eigenvalue weighted by atomic mass is 16.2. The number of rotatable bonds is 7. The molecule has 1 rings (SSSR count). The van der Waals surface area contributed by atoms with Crippen molar-refractivity contribution >= 4 is 11.7 Å². The Kier molecular flexibility index (Phi) is 6.39. The Balaban J connectivity index is 2.57. The van der Waals surface area contributed by atoms with Gasteiger partial charge in [-0.1, -0.05) is 44.2 Å². The fraction of sp³-hybridized carbons (Fsp3) is 0.500. The fourth-order valence-electron chi connectivity index (χ4n) is 2.04. The molecule has 0 spiro atoms. The molecule has 0 bridgehead atoms. The molecule has 1 amide bonds. The molecule has 0 saturated carbocycles. The summed E-state index contributed by atoms with van der Waals surface area (Å²) in [5.74, 6) is 0.0446. The van der Waals surface area contributed by atoms with Gasteiger partial charge in [0.2, 0.25) is 5.91 Å². The summed E-state index contributed by atoms with van der Waals surface area (Å²) in [7, 11) is 0. The molecular formula is C16H24N2O2. The Bertz CT molecular complexity index is 443. The lowest BCUT2D eigenvalue weighted by Gasteiger charge is -2.20. The first-order chi connectivity index (χ1) is 9.40. The molecule has 110 valence electrons. The molecule has 1 aromatic carbocycles. The smallest absolute Gasteiger partial charge is 0.237 e. The Morgan fingerprint density at radius 1 is 1.20 bits per heavy atom. The van der Waals surface area contributed by atoms with Crippen molar-refractivity contribution in [3.05, 3.63) is 35.9 Å². The van der Waals surface area contributed by atoms with Crippen LogP contribution >= 0.6 is 0 Å². The zero-order valence-corrected chi connectivity index (χ0v) is 12.4. The third-order valence-corrected chi connectivity index (χ3v) is 3.15. The highest BCUT2D eigenvalue weighted by Gasteiger charge is 2.22. The molecule has 0 radical (unpaired) electrons. The molecule has 2 atom stereocenters. The summed E-state index contributed by atoms with van der Waals surface area (Å²) in [6.45, 7) is 5.54. The van der Waals surface area contributed by atoms with Crippen LogP contribution in [0.1, 0.15) is 32.8 Å². The largest absolute Gasteiger partial charge is 0.345 e. The Labute approximate surface area is 120 Å². The summed E-state index contributed by atoms with van der Waals surface area (Å²) in [4.78, 5) is 23.6. The van der Waals surface area contributed by atoms with E-state index in [9.17, 15) is 9.59 Å². The van der Waals surface area contributed by atoms with E-state index in [-0.39, 0.29) is 11.7 Å². The van der Waals surface area contributed by atoms with Crippen molar-refractivity contribution in [2.75, 3.05) is 0 Å². The van der Waals surface area contributed by atoms with Gasteiger partial charge in [0, 0.05) is 0 Å². The minimum absolute atomic E-state index is 0.0287. The van der Waals surface area contributed by atoms with E-state index < -0.39 is 12.1 Å². The molecule has 0 aliphatic carbocycles. The number of amides is 1. The minimum atomic E-state index is -0.633. The average molecular weight is 276 g/mol. The maximum atomic E-state index is 12.1. The predicted molar refractivity (Wildman–Crippen MR) is 80.2 cm³/mol. The van der Waals surface area contributed by atoms with Crippen LogP contribution in [0.4, 0.5) is 0 Å². The second-order valence-electron chi connectivity index (χ2n) is 5.60. The van der Waals surface area contributed by atoms with Gasteiger partial charge in [0.05, 0.1) is 12.1 Å². The van der Waals surface area contributed by atoms with Crippen molar-refractivity contribution in [2.45, 2.75) is 45.7 Å². The molecule has 1 aromatic rings. The molecule has 3 N–H and O–H groups in total. The second-order valence-corrected chi connectivity index (χ2v) is 5.60. The van der Waals surface area contributed by atoms with Crippen LogP contribution in [0.2, 0.25) is 0 Å². The molecule has 0 saturated heterocycles. The van der Waals surface area contributed by atoms with Crippen LogP contribution in [-0.2, 0) is 16.0 Å². The second kappa shape index (κ2) is 7.80. The molecule has 0 aliphatic rings. The third-order valence-electron chi connectivity index (χ3n) is 3.15. The van der Waals surface area contributed by atoms with E-state index in [4.69, 9.17) is 5.73 Å². The number of benzene rings is 1. The SMILES string of the molecule is CC(=O)[C@H](CC(C)C)NC(=O)[C@@H](N)Cc1ccccc1. The Morgan fingerprint density at radius 2 is 1.80 bits per heavy atom. The summed E-state index contributed by atoms with van der Waals surface area (Å²) < 4.78 is 0. The maximum Gasteiger partial charge on any atom is 0.237 e. The van der Waals surface area contributed by atoms with Gasteiger partial charge in [0.25, 0.3) is 0 Å². The van der Waals surface area contributed by atoms with Gasteiger partial charge in [-0.25, -0.2) is 0 Å². The molecule has 0 fully saturated rings. The number of hydrogen-bond acceptors (Lipinski definition) is 3. The van der Waals surface area contributed by atoms with Crippen molar-refractivity contribution in [1.82, 2.24) is 5.32 Å². The standard InChI is InChI=1S/C16H24N2O2/c1-11(2)9-15(12(3)19)18-16(20)14(17)10-13-7-5-4-6-8-13/h4-8,11,14-15H,9-10,17H2,1-3H3,(H,18,20)/t14-,15-/m0/s1. The number of nitrogens with one attached hydrogen (secondary N) is 1. The summed E-state index contributed by atoms with van der Waals surface area (Å²) in [6.07, 6.45) is 1.11. The normalized spacial score (nSPS) is 13.8. The number of nitrogens with two attached hydrogens (primary N) is 1. The zero-order valence-electron chi connectivity index (χ0n) is 12.4. The predicted octanol–water partition coefficient (Wildman–Crippen LogP) is 1.68. The van der Waals surface area contributed by atoms with Crippen LogP contribution in [-0.4, -0.2) is 23.8 Å². The number of carbonyl (C=O) groups excluding carboxylic acids is 2. The molecule has 20 heavy (non-hydrogen) atoms.